The van der Waals surface area contributed by atoms with Crippen molar-refractivity contribution in [1.82, 2.24) is 10.3 Å². The summed E-state index contributed by atoms with van der Waals surface area (Å²) in [6.45, 7) is 13.5. The Labute approximate surface area is 709 Å². The Bertz CT molecular complexity index is 3590. The Hall–Kier alpha value is -5.47. The van der Waals surface area contributed by atoms with Crippen molar-refractivity contribution < 1.29 is 77.4 Å². The van der Waals surface area contributed by atoms with Crippen LogP contribution in [0.2, 0.25) is 0 Å². The van der Waals surface area contributed by atoms with Gasteiger partial charge in [0.1, 0.15) is 40.7 Å². The van der Waals surface area contributed by atoms with Gasteiger partial charge in [-0.1, -0.05) is 39.2 Å². The van der Waals surface area contributed by atoms with Gasteiger partial charge in [-0.05, 0) is 411 Å². The number of Topliss-reactive ketones (excluding diaryl/α,β-unsaturated/α-hetero) is 1. The van der Waals surface area contributed by atoms with Crippen LogP contribution in [0.4, 0.5) is 0 Å². The first-order valence-electron chi connectivity index (χ1n) is 47.6. The van der Waals surface area contributed by atoms with Crippen LogP contribution in [-0.2, 0) is 49.5 Å². The highest BCUT2D eigenvalue weighted by Gasteiger charge is 2.52. The summed E-state index contributed by atoms with van der Waals surface area (Å²) in [5, 5.41) is 50.5. The number of carbonyl (C=O) groups is 6. The maximum absolute atomic E-state index is 12.3. The van der Waals surface area contributed by atoms with Crippen molar-refractivity contribution in [1.29, 1.82) is 0 Å². The van der Waals surface area contributed by atoms with Crippen LogP contribution >= 0.6 is 11.6 Å². The summed E-state index contributed by atoms with van der Waals surface area (Å²) in [6, 6.07) is 0. The lowest BCUT2D eigenvalue weighted by atomic mass is 9.77. The number of aliphatic hydroxyl groups is 2. The van der Waals surface area contributed by atoms with E-state index in [0.717, 1.165) is 146 Å². The molecule has 7 spiro atoms. The van der Waals surface area contributed by atoms with Gasteiger partial charge in [0.15, 0.2) is 5.76 Å². The fourth-order valence-corrected chi connectivity index (χ4v) is 21.1. The molecule has 20 nitrogen and oxygen atoms in total. The molecule has 18 fully saturated rings. The van der Waals surface area contributed by atoms with Gasteiger partial charge in [0.05, 0.1) is 50.6 Å². The number of ether oxygens (including phenoxy) is 4. The molecule has 18 aliphatic rings. The van der Waals surface area contributed by atoms with Gasteiger partial charge in [-0.3, -0.25) is 19.2 Å². The van der Waals surface area contributed by atoms with Crippen molar-refractivity contribution >= 4 is 58.9 Å². The van der Waals surface area contributed by atoms with Crippen LogP contribution < -0.4 is 0 Å². The molecular formula is C97H149ClN4O16. The molecule has 0 aromatic carbocycles. The number of allylic oxidation sites excluding steroid dienone is 1. The quantitative estimate of drug-likeness (QED) is 0.0148. The maximum Gasteiger partial charge on any atom is 0.343 e. The molecule has 21 heteroatoms. The second kappa shape index (κ2) is 42.3. The summed E-state index contributed by atoms with van der Waals surface area (Å²) < 4.78 is 30.9. The molecule has 20 rings (SSSR count). The first kappa shape index (κ1) is 91.7. The predicted octanol–water partition coefficient (Wildman–Crippen LogP) is 22.9. The lowest BCUT2D eigenvalue weighted by Gasteiger charge is -2.27. The van der Waals surface area contributed by atoms with E-state index in [0.29, 0.717) is 107 Å². The molecule has 18 saturated carbocycles. The molecule has 0 amide bonds. The monoisotopic (exact) mass is 1660 g/mol. The molecule has 0 aliphatic heterocycles. The normalized spacial score (nSPS) is 28.4. The Morgan fingerprint density at radius 1 is 0.441 bits per heavy atom. The van der Waals surface area contributed by atoms with Gasteiger partial charge in [-0.25, -0.2) is 4.79 Å². The lowest BCUT2D eigenvalue weighted by Crippen LogP contribution is -2.24. The van der Waals surface area contributed by atoms with Gasteiger partial charge < -0.3 is 53.4 Å². The van der Waals surface area contributed by atoms with Gasteiger partial charge >= 0.3 is 23.9 Å². The summed E-state index contributed by atoms with van der Waals surface area (Å²) in [6.07, 6.45) is 68.3. The van der Waals surface area contributed by atoms with Crippen LogP contribution in [0.1, 0.15) is 430 Å². The fourth-order valence-electron chi connectivity index (χ4n) is 20.9. The number of hydrogen-bond acceptors (Lipinski definition) is 20. The molecule has 0 saturated heterocycles. The Kier molecular flexibility index (Phi) is 32.9. The minimum absolute atomic E-state index is 0.0231. The van der Waals surface area contributed by atoms with E-state index in [4.69, 9.17) is 50.4 Å². The number of halogens is 1. The molecule has 0 bridgehead atoms. The van der Waals surface area contributed by atoms with Crippen LogP contribution in [0.25, 0.3) is 0 Å². The van der Waals surface area contributed by atoms with Crippen LogP contribution in [0.5, 0.6) is 0 Å². The average molecular weight is 1660 g/mol. The number of aldehydes is 1. The van der Waals surface area contributed by atoms with Crippen molar-refractivity contribution in [2.45, 2.75) is 398 Å². The standard InChI is InChI=1S/C17H23NO3.C15H21NO2.C11H18O2.C10H16O2.C9H14ClNO.C9H15NO.C9H16O.C9H14O.C8H12O3/c1-2-20-16(19)13-14(18-21-15(13)12-3-4-12)11-5-7-17(8-6-11)9-10-17;17-9-12-13(16-18-14(12)11-1-2-11)10-3-5-15(6-4-10)7-8-15;1-2-13-10(12)9-3-5-11(6-4-9)7-8-11;1-3-12-10(11)9-6-4-8(2)5-7-9;10-8(11-12)7-1-3-9(4-2-7)5-6-9;11-10-7-8-1-3-9(4-2-8)5-6-9;2*10-7-8-1-3-9(4-2-8)5-6-9;1-2-11-8(10)5-7(9)6-3-4-6/h11-12H,2-10H2,1H3;10-11,17H,1-9H2;9H,2-8H2,1H3;9H,2-7H2,1H3;7,12H,1-6H2;7-8,11H,1-6H2;8,10H,1-7H2;7-8H,1-6H2;6H,2-5H2,1H3/b;;;;11-8+;10-7-;;;. The van der Waals surface area contributed by atoms with Gasteiger partial charge in [0.2, 0.25) is 0 Å². The van der Waals surface area contributed by atoms with E-state index in [2.05, 4.69) is 31.9 Å². The van der Waals surface area contributed by atoms with Gasteiger partial charge in [0, 0.05) is 59.8 Å². The van der Waals surface area contributed by atoms with Crippen molar-refractivity contribution in [3.05, 3.63) is 46.2 Å². The summed E-state index contributed by atoms with van der Waals surface area (Å²) in [5.41, 5.74) is 9.99. The Balaban J connectivity index is 0.000000124. The zero-order chi connectivity index (χ0) is 83.6. The third-order valence-electron chi connectivity index (χ3n) is 31.9. The minimum atomic E-state index is -0.385. The highest BCUT2D eigenvalue weighted by atomic mass is 35.5. The largest absolute Gasteiger partial charge is 0.466 e. The Morgan fingerprint density at radius 3 is 1.19 bits per heavy atom. The van der Waals surface area contributed by atoms with Crippen LogP contribution in [-0.4, -0.2) is 111 Å². The summed E-state index contributed by atoms with van der Waals surface area (Å²) in [5.74, 6) is 5.54. The van der Waals surface area contributed by atoms with Gasteiger partial charge in [0.25, 0.3) is 0 Å². The molecule has 4 N–H and O–H groups in total. The second-order valence-electron chi connectivity index (χ2n) is 40.6. The third-order valence-corrected chi connectivity index (χ3v) is 32.3. The zero-order valence-corrected chi connectivity index (χ0v) is 73.5. The topological polar surface area (TPSA) is 297 Å². The lowest BCUT2D eigenvalue weighted by molar-refractivity contribution is -0.150. The molecule has 0 radical (unpaired) electrons. The first-order valence-corrected chi connectivity index (χ1v) is 48.0. The molecular weight excluding hydrogens is 1510 g/mol. The molecule has 0 atom stereocenters. The molecule has 118 heavy (non-hydrogen) atoms. The second-order valence-corrected chi connectivity index (χ2v) is 41.0. The van der Waals surface area contributed by atoms with E-state index in [1.165, 1.54) is 250 Å². The van der Waals surface area contributed by atoms with E-state index in [9.17, 15) is 33.9 Å². The molecule has 2 heterocycles. The number of oxime groups is 2. The van der Waals surface area contributed by atoms with E-state index in [1.54, 1.807) is 13.1 Å². The van der Waals surface area contributed by atoms with Crippen molar-refractivity contribution in [2.75, 3.05) is 33.0 Å². The highest BCUT2D eigenvalue weighted by Crippen LogP contribution is 2.63. The highest BCUT2D eigenvalue weighted by molar-refractivity contribution is 6.65. The smallest absolute Gasteiger partial charge is 0.343 e. The summed E-state index contributed by atoms with van der Waals surface area (Å²) in [4.78, 5) is 67.1. The number of nitrogens with zero attached hydrogens (tertiary/aromatic N) is 4. The number of aliphatic hydroxyl groups excluding tert-OH is 2. The molecule has 0 unspecified atom stereocenters. The fraction of sp³-hybridized carbons (Fsp3) is 0.835. The number of carbonyl (C=O) groups excluding carboxylic acids is 6. The number of ketones is 1. The molecule has 18 aliphatic carbocycles. The first-order chi connectivity index (χ1) is 57.1. The van der Waals surface area contributed by atoms with E-state index < -0.39 is 0 Å². The van der Waals surface area contributed by atoms with Crippen molar-refractivity contribution in [3.63, 3.8) is 0 Å². The predicted molar refractivity (Wildman–Crippen MR) is 455 cm³/mol. The number of hydrogen-bond donors (Lipinski definition) is 4. The summed E-state index contributed by atoms with van der Waals surface area (Å²) >= 11 is 5.76. The molecule has 2 aromatic heterocycles. The van der Waals surface area contributed by atoms with Crippen molar-refractivity contribution in [3.8, 4) is 0 Å². The third kappa shape index (κ3) is 27.0. The number of rotatable bonds is 19. The Morgan fingerprint density at radius 2 is 0.814 bits per heavy atom. The molecule has 660 valence electrons. The van der Waals surface area contributed by atoms with E-state index in [1.807, 2.05) is 20.8 Å². The molecule has 2 aromatic rings. The zero-order valence-electron chi connectivity index (χ0n) is 72.8. The van der Waals surface area contributed by atoms with E-state index in [-0.39, 0.29) is 60.4 Å². The van der Waals surface area contributed by atoms with Crippen LogP contribution in [0.15, 0.2) is 31.5 Å². The van der Waals surface area contributed by atoms with Crippen molar-refractivity contribution in [2.24, 2.45) is 89.6 Å². The number of aromatic nitrogens is 2. The minimum Gasteiger partial charge on any atom is -0.466 e. The van der Waals surface area contributed by atoms with Crippen LogP contribution in [0.3, 0.4) is 0 Å². The van der Waals surface area contributed by atoms with Crippen LogP contribution in [0, 0.1) is 79.3 Å². The van der Waals surface area contributed by atoms with Gasteiger partial charge in [-0.15, -0.1) is 5.16 Å². The van der Waals surface area contributed by atoms with Gasteiger partial charge in [-0.2, -0.15) is 0 Å². The number of esters is 4. The average Bonchev–Trinajstić information content (AvgIpc) is 1.63. The maximum atomic E-state index is 12.3. The SMILES string of the molecule is C=C1CCC(C(=O)OCC)CC1.CCOC(=O)C1CCC2(CC1)CC2.CCOC(=O)CC(=O)C1CC1.CCOC(=O)c1c(C2CCC3(CC2)CC3)noc1C1CC1.O/N=C(/Cl)C1CCC2(CC1)CC2.O/N=C\C1CCC2(CC1)CC2.O=CC1CCC2(CC1)CC2.OCC1CCC2(CC1)CC2.OCc1c(C2CCC3(CC2)CC3)noc1C1CC1. The summed E-state index contributed by atoms with van der Waals surface area (Å²) in [7, 11) is 0. The van der Waals surface area contributed by atoms with E-state index >= 15 is 0 Å².